The maximum atomic E-state index is 12.9. The molecular weight excluding hydrogens is 346 g/mol. The van der Waals surface area contributed by atoms with E-state index in [-0.39, 0.29) is 28.9 Å². The fourth-order valence-electron chi connectivity index (χ4n) is 7.47. The van der Waals surface area contributed by atoms with Gasteiger partial charge < -0.3 is 10.4 Å². The summed E-state index contributed by atoms with van der Waals surface area (Å²) in [5, 5.41) is 13.6. The quantitative estimate of drug-likeness (QED) is 0.751. The van der Waals surface area contributed by atoms with Crippen LogP contribution in [0.5, 0.6) is 0 Å². The van der Waals surface area contributed by atoms with Crippen LogP contribution in [-0.2, 0) is 4.79 Å². The standard InChI is InChI=1S/C25H33NO2/c1-24-13-11-21-18(20(24)9-8-19(24)16-6-4-3-5-7-16)15-23(28)26-22-14-17(27)10-12-25(21,22)2/h3-8,17-18,20-22,27H,9-15H2,1-2H3,(H,26,28)/t17-,18-,20-,21-,22-,24+,25+/m0/s1. The molecule has 1 aliphatic heterocycles. The molecule has 0 unspecified atom stereocenters. The Morgan fingerprint density at radius 2 is 1.86 bits per heavy atom. The molecule has 0 aromatic heterocycles. The van der Waals surface area contributed by atoms with Gasteiger partial charge in [-0.3, -0.25) is 4.79 Å². The molecule has 3 nitrogen and oxygen atoms in total. The monoisotopic (exact) mass is 379 g/mol. The number of allylic oxidation sites excluding steroid dienone is 2. The topological polar surface area (TPSA) is 49.3 Å². The number of rotatable bonds is 1. The second-order valence-electron chi connectivity index (χ2n) is 10.3. The molecule has 1 amide bonds. The molecular formula is C25H33NO2. The molecule has 0 bridgehead atoms. The molecule has 1 aromatic carbocycles. The molecule has 4 aliphatic rings. The van der Waals surface area contributed by atoms with Crippen molar-refractivity contribution < 1.29 is 9.90 Å². The predicted molar refractivity (Wildman–Crippen MR) is 111 cm³/mol. The van der Waals surface area contributed by atoms with E-state index in [1.807, 2.05) is 0 Å². The number of nitrogens with one attached hydrogen (secondary N) is 1. The second kappa shape index (κ2) is 6.45. The Balaban J connectivity index is 1.50. The first-order valence-corrected chi connectivity index (χ1v) is 11.2. The number of amides is 1. The van der Waals surface area contributed by atoms with E-state index in [9.17, 15) is 9.90 Å². The predicted octanol–water partition coefficient (Wildman–Crippen LogP) is 4.56. The summed E-state index contributed by atoms with van der Waals surface area (Å²) in [5.74, 6) is 1.77. The van der Waals surface area contributed by atoms with Crippen molar-refractivity contribution in [1.82, 2.24) is 5.32 Å². The highest BCUT2D eigenvalue weighted by Gasteiger charge is 2.58. The molecule has 5 rings (SSSR count). The van der Waals surface area contributed by atoms with Gasteiger partial charge in [-0.15, -0.1) is 0 Å². The van der Waals surface area contributed by atoms with Gasteiger partial charge in [0, 0.05) is 12.5 Å². The van der Waals surface area contributed by atoms with Gasteiger partial charge in [0.05, 0.1) is 6.10 Å². The van der Waals surface area contributed by atoms with Crippen molar-refractivity contribution >= 4 is 11.5 Å². The normalized spacial score (nSPS) is 45.2. The lowest BCUT2D eigenvalue weighted by molar-refractivity contribution is -0.123. The summed E-state index contributed by atoms with van der Waals surface area (Å²) in [4.78, 5) is 12.9. The molecule has 0 spiro atoms. The third kappa shape index (κ3) is 2.62. The third-order valence-electron chi connectivity index (χ3n) is 9.03. The molecule has 3 heteroatoms. The first kappa shape index (κ1) is 18.4. The van der Waals surface area contributed by atoms with Gasteiger partial charge >= 0.3 is 0 Å². The minimum atomic E-state index is -0.262. The highest BCUT2D eigenvalue weighted by atomic mass is 16.3. The van der Waals surface area contributed by atoms with Gasteiger partial charge in [0.25, 0.3) is 0 Å². The van der Waals surface area contributed by atoms with Crippen LogP contribution < -0.4 is 5.32 Å². The Bertz CT molecular complexity index is 802. The number of hydrogen-bond donors (Lipinski definition) is 2. The van der Waals surface area contributed by atoms with Crippen molar-refractivity contribution in [3.63, 3.8) is 0 Å². The van der Waals surface area contributed by atoms with E-state index in [2.05, 4.69) is 55.6 Å². The van der Waals surface area contributed by atoms with Crippen molar-refractivity contribution in [3.8, 4) is 0 Å². The van der Waals surface area contributed by atoms with Gasteiger partial charge in [0.15, 0.2) is 0 Å². The van der Waals surface area contributed by atoms with Crippen LogP contribution in [0.1, 0.15) is 64.4 Å². The van der Waals surface area contributed by atoms with Crippen molar-refractivity contribution in [2.24, 2.45) is 28.6 Å². The Kier molecular flexibility index (Phi) is 4.24. The van der Waals surface area contributed by atoms with Gasteiger partial charge in [0.1, 0.15) is 0 Å². The van der Waals surface area contributed by atoms with Gasteiger partial charge in [-0.1, -0.05) is 50.3 Å². The van der Waals surface area contributed by atoms with E-state index >= 15 is 0 Å². The van der Waals surface area contributed by atoms with Gasteiger partial charge in [-0.05, 0) is 78.2 Å². The molecule has 3 aliphatic carbocycles. The zero-order valence-electron chi connectivity index (χ0n) is 17.2. The minimum absolute atomic E-state index is 0.118. The van der Waals surface area contributed by atoms with Crippen LogP contribution in [-0.4, -0.2) is 23.2 Å². The third-order valence-corrected chi connectivity index (χ3v) is 9.03. The summed E-state index contributed by atoms with van der Waals surface area (Å²) in [6, 6.07) is 11.0. The summed E-state index contributed by atoms with van der Waals surface area (Å²) in [7, 11) is 0. The van der Waals surface area contributed by atoms with Gasteiger partial charge in [-0.25, -0.2) is 0 Å². The highest BCUT2D eigenvalue weighted by molar-refractivity contribution is 5.78. The van der Waals surface area contributed by atoms with Crippen LogP contribution >= 0.6 is 0 Å². The van der Waals surface area contributed by atoms with Crippen LogP contribution in [0.25, 0.3) is 5.57 Å². The highest BCUT2D eigenvalue weighted by Crippen LogP contribution is 2.64. The number of carbonyl (C=O) groups is 1. The van der Waals surface area contributed by atoms with Crippen molar-refractivity contribution in [1.29, 1.82) is 0 Å². The van der Waals surface area contributed by atoms with E-state index in [1.165, 1.54) is 24.0 Å². The Hall–Kier alpha value is -1.61. The molecule has 0 radical (unpaired) electrons. The Morgan fingerprint density at radius 3 is 2.64 bits per heavy atom. The maximum absolute atomic E-state index is 12.9. The van der Waals surface area contributed by atoms with Crippen LogP contribution in [0.4, 0.5) is 0 Å². The summed E-state index contributed by atoms with van der Waals surface area (Å²) in [6.45, 7) is 4.85. The molecule has 28 heavy (non-hydrogen) atoms. The van der Waals surface area contributed by atoms with Crippen molar-refractivity contribution in [2.75, 3.05) is 0 Å². The van der Waals surface area contributed by atoms with Crippen LogP contribution in [0.3, 0.4) is 0 Å². The molecule has 150 valence electrons. The number of aliphatic hydroxyl groups is 1. The lowest BCUT2D eigenvalue weighted by atomic mass is 9.50. The zero-order chi connectivity index (χ0) is 19.5. The fraction of sp³-hybridized carbons (Fsp3) is 0.640. The maximum Gasteiger partial charge on any atom is 0.220 e. The molecule has 2 N–H and O–H groups in total. The van der Waals surface area contributed by atoms with Crippen molar-refractivity contribution in [2.45, 2.75) is 70.9 Å². The van der Waals surface area contributed by atoms with E-state index in [0.29, 0.717) is 24.2 Å². The minimum Gasteiger partial charge on any atom is -0.393 e. The van der Waals surface area contributed by atoms with Crippen LogP contribution in [0, 0.1) is 28.6 Å². The fourth-order valence-corrected chi connectivity index (χ4v) is 7.47. The molecule has 7 atom stereocenters. The Morgan fingerprint density at radius 1 is 1.07 bits per heavy atom. The first-order chi connectivity index (χ1) is 13.4. The molecule has 1 heterocycles. The number of carbonyl (C=O) groups excluding carboxylic acids is 1. The number of aliphatic hydroxyl groups excluding tert-OH is 1. The first-order valence-electron chi connectivity index (χ1n) is 11.2. The molecule has 3 fully saturated rings. The van der Waals surface area contributed by atoms with Crippen LogP contribution in [0.15, 0.2) is 36.4 Å². The summed E-state index contributed by atoms with van der Waals surface area (Å²) >= 11 is 0. The van der Waals surface area contributed by atoms with E-state index in [0.717, 1.165) is 25.7 Å². The van der Waals surface area contributed by atoms with Gasteiger partial charge in [-0.2, -0.15) is 0 Å². The van der Waals surface area contributed by atoms with E-state index < -0.39 is 0 Å². The zero-order valence-corrected chi connectivity index (χ0v) is 17.2. The summed E-state index contributed by atoms with van der Waals surface area (Å²) < 4.78 is 0. The number of fused-ring (bicyclic) bond motifs is 5. The molecule has 1 aromatic rings. The van der Waals surface area contributed by atoms with Crippen LogP contribution in [0.2, 0.25) is 0 Å². The molecule has 2 saturated carbocycles. The largest absolute Gasteiger partial charge is 0.393 e. The average molecular weight is 380 g/mol. The lowest BCUT2D eigenvalue weighted by Gasteiger charge is -2.55. The number of benzene rings is 1. The number of hydrogen-bond acceptors (Lipinski definition) is 2. The summed E-state index contributed by atoms with van der Waals surface area (Å²) in [5.41, 5.74) is 3.15. The van der Waals surface area contributed by atoms with Crippen molar-refractivity contribution in [3.05, 3.63) is 42.0 Å². The van der Waals surface area contributed by atoms with Gasteiger partial charge in [0.2, 0.25) is 5.91 Å². The van der Waals surface area contributed by atoms with E-state index in [1.54, 1.807) is 0 Å². The average Bonchev–Trinajstić information content (AvgIpc) is 2.98. The second-order valence-corrected chi connectivity index (χ2v) is 10.3. The SMILES string of the molecule is C[C@]12CC[C@H](O)C[C@@H]1NC(=O)C[C@@H]1[C@@H]2CC[C@]2(C)C(c3ccccc3)=CC[C@@H]12. The molecule has 1 saturated heterocycles. The smallest absolute Gasteiger partial charge is 0.220 e. The summed E-state index contributed by atoms with van der Waals surface area (Å²) in [6.07, 6.45) is 8.99. The lowest BCUT2D eigenvalue weighted by Crippen LogP contribution is -2.54. The van der Waals surface area contributed by atoms with E-state index in [4.69, 9.17) is 0 Å². The Labute approximate surface area is 168 Å².